The predicted octanol–water partition coefficient (Wildman–Crippen LogP) is 4.18. The van der Waals surface area contributed by atoms with E-state index in [1.807, 2.05) is 42.5 Å². The fraction of sp³-hybridized carbons (Fsp3) is 0.389. The molecule has 0 aliphatic rings. The van der Waals surface area contributed by atoms with Gasteiger partial charge in [0, 0.05) is 0 Å². The van der Waals surface area contributed by atoms with E-state index in [4.69, 9.17) is 4.74 Å². The average Bonchev–Trinajstić information content (AvgIpc) is 2.44. The zero-order valence-corrected chi connectivity index (χ0v) is 12.4. The Bertz CT molecular complexity index is 434. The lowest BCUT2D eigenvalue weighted by atomic mass is 9.93. The summed E-state index contributed by atoms with van der Waals surface area (Å²) < 4.78 is 5.19. The van der Waals surface area contributed by atoms with E-state index in [0.29, 0.717) is 24.9 Å². The summed E-state index contributed by atoms with van der Waals surface area (Å²) in [5.41, 5.74) is 0.981. The molecule has 0 spiro atoms. The molecular formula is C18H24O2. The van der Waals surface area contributed by atoms with Gasteiger partial charge in [0.2, 0.25) is 0 Å². The summed E-state index contributed by atoms with van der Waals surface area (Å²) in [7, 11) is 0. The summed E-state index contributed by atoms with van der Waals surface area (Å²) >= 11 is 0. The van der Waals surface area contributed by atoms with Gasteiger partial charge in [-0.05, 0) is 23.8 Å². The number of carbonyl (C=O) groups excluding carboxylic acids is 1. The smallest absolute Gasteiger partial charge is 0.310 e. The summed E-state index contributed by atoms with van der Waals surface area (Å²) in [4.78, 5) is 11.6. The van der Waals surface area contributed by atoms with Crippen molar-refractivity contribution in [3.05, 3.63) is 60.7 Å². The van der Waals surface area contributed by atoms with Crippen LogP contribution in [0, 0.1) is 11.8 Å². The van der Waals surface area contributed by atoms with Gasteiger partial charge in [-0.15, -0.1) is 6.58 Å². The fourth-order valence-electron chi connectivity index (χ4n) is 1.89. The van der Waals surface area contributed by atoms with Crippen molar-refractivity contribution in [2.75, 3.05) is 6.61 Å². The molecule has 1 aromatic rings. The van der Waals surface area contributed by atoms with Crippen molar-refractivity contribution in [1.82, 2.24) is 0 Å². The maximum absolute atomic E-state index is 11.6. The standard InChI is InChI=1S/C18H24O2/c1-4-9-15(2)16(3)10-8-13-20-18(19)14-17-11-6-5-7-12-17/h4-8,10-12,15-16H,1,9,13-14H2,2-3H3/b10-8+. The van der Waals surface area contributed by atoms with Crippen LogP contribution in [0.3, 0.4) is 0 Å². The van der Waals surface area contributed by atoms with Gasteiger partial charge in [-0.25, -0.2) is 0 Å². The van der Waals surface area contributed by atoms with Gasteiger partial charge in [0.1, 0.15) is 6.61 Å². The first-order valence-corrected chi connectivity index (χ1v) is 7.10. The third-order valence-corrected chi connectivity index (χ3v) is 3.41. The minimum atomic E-state index is -0.187. The number of rotatable bonds is 8. The van der Waals surface area contributed by atoms with E-state index in [1.54, 1.807) is 0 Å². The summed E-state index contributed by atoms with van der Waals surface area (Å²) in [5, 5.41) is 0. The highest BCUT2D eigenvalue weighted by molar-refractivity contribution is 5.72. The van der Waals surface area contributed by atoms with Crippen molar-refractivity contribution in [2.45, 2.75) is 26.7 Å². The highest BCUT2D eigenvalue weighted by Crippen LogP contribution is 2.16. The summed E-state index contributed by atoms with van der Waals surface area (Å²) in [6, 6.07) is 9.63. The molecule has 0 amide bonds. The van der Waals surface area contributed by atoms with Crippen molar-refractivity contribution in [3.63, 3.8) is 0 Å². The van der Waals surface area contributed by atoms with Gasteiger partial charge >= 0.3 is 5.97 Å². The molecule has 2 nitrogen and oxygen atoms in total. The zero-order chi connectivity index (χ0) is 14.8. The molecule has 0 aliphatic carbocycles. The van der Waals surface area contributed by atoms with Crippen LogP contribution in [0.15, 0.2) is 55.1 Å². The van der Waals surface area contributed by atoms with Crippen LogP contribution >= 0.6 is 0 Å². The maximum Gasteiger partial charge on any atom is 0.310 e. The first kappa shape index (κ1) is 16.2. The third kappa shape index (κ3) is 6.37. The van der Waals surface area contributed by atoms with E-state index < -0.39 is 0 Å². The molecule has 0 saturated heterocycles. The molecule has 0 bridgehead atoms. The fourth-order valence-corrected chi connectivity index (χ4v) is 1.89. The normalized spacial score (nSPS) is 13.9. The van der Waals surface area contributed by atoms with Gasteiger partial charge in [0.25, 0.3) is 0 Å². The molecule has 0 aromatic heterocycles. The molecule has 0 N–H and O–H groups in total. The van der Waals surface area contributed by atoms with Crippen LogP contribution < -0.4 is 0 Å². The SMILES string of the molecule is C=CCC(C)C(C)/C=C/COC(=O)Cc1ccccc1. The highest BCUT2D eigenvalue weighted by atomic mass is 16.5. The Morgan fingerprint density at radius 3 is 2.65 bits per heavy atom. The molecule has 108 valence electrons. The van der Waals surface area contributed by atoms with E-state index in [1.165, 1.54) is 0 Å². The maximum atomic E-state index is 11.6. The Labute approximate surface area is 122 Å². The lowest BCUT2D eigenvalue weighted by molar-refractivity contribution is -0.141. The topological polar surface area (TPSA) is 26.3 Å². The van der Waals surface area contributed by atoms with Crippen LogP contribution in [-0.4, -0.2) is 12.6 Å². The minimum Gasteiger partial charge on any atom is -0.461 e. The molecule has 1 rings (SSSR count). The monoisotopic (exact) mass is 272 g/mol. The van der Waals surface area contributed by atoms with E-state index >= 15 is 0 Å². The van der Waals surface area contributed by atoms with Crippen LogP contribution in [0.25, 0.3) is 0 Å². The molecule has 2 heteroatoms. The van der Waals surface area contributed by atoms with Gasteiger partial charge < -0.3 is 4.74 Å². The Hall–Kier alpha value is -1.83. The zero-order valence-electron chi connectivity index (χ0n) is 12.4. The van der Waals surface area contributed by atoms with E-state index in [-0.39, 0.29) is 5.97 Å². The minimum absolute atomic E-state index is 0.187. The number of hydrogen-bond acceptors (Lipinski definition) is 2. The molecule has 0 fully saturated rings. The summed E-state index contributed by atoms with van der Waals surface area (Å²) in [6.45, 7) is 8.45. The lowest BCUT2D eigenvalue weighted by Crippen LogP contribution is -2.08. The highest BCUT2D eigenvalue weighted by Gasteiger charge is 2.07. The largest absolute Gasteiger partial charge is 0.461 e. The van der Waals surface area contributed by atoms with Gasteiger partial charge in [0.05, 0.1) is 6.42 Å². The van der Waals surface area contributed by atoms with E-state index in [9.17, 15) is 4.79 Å². The molecule has 0 aliphatic heterocycles. The van der Waals surface area contributed by atoms with E-state index in [0.717, 1.165) is 12.0 Å². The predicted molar refractivity (Wildman–Crippen MR) is 83.4 cm³/mol. The summed E-state index contributed by atoms with van der Waals surface area (Å²) in [6.07, 6.45) is 7.29. The van der Waals surface area contributed by atoms with E-state index in [2.05, 4.69) is 26.5 Å². The number of benzene rings is 1. The van der Waals surface area contributed by atoms with Crippen LogP contribution in [0.5, 0.6) is 0 Å². The van der Waals surface area contributed by atoms with Crippen LogP contribution in [0.2, 0.25) is 0 Å². The second-order valence-corrected chi connectivity index (χ2v) is 5.13. The second-order valence-electron chi connectivity index (χ2n) is 5.13. The molecule has 1 aromatic carbocycles. The van der Waals surface area contributed by atoms with Gasteiger partial charge in [-0.1, -0.05) is 62.4 Å². The van der Waals surface area contributed by atoms with Crippen LogP contribution in [0.1, 0.15) is 25.8 Å². The molecular weight excluding hydrogens is 248 g/mol. The summed E-state index contributed by atoms with van der Waals surface area (Å²) in [5.74, 6) is 0.831. The van der Waals surface area contributed by atoms with Crippen molar-refractivity contribution in [1.29, 1.82) is 0 Å². The van der Waals surface area contributed by atoms with Crippen molar-refractivity contribution >= 4 is 5.97 Å². The van der Waals surface area contributed by atoms with Crippen molar-refractivity contribution < 1.29 is 9.53 Å². The molecule has 2 unspecified atom stereocenters. The molecule has 20 heavy (non-hydrogen) atoms. The Morgan fingerprint density at radius 1 is 1.30 bits per heavy atom. The van der Waals surface area contributed by atoms with Crippen molar-refractivity contribution in [3.8, 4) is 0 Å². The second kappa shape index (κ2) is 9.13. The quantitative estimate of drug-likeness (QED) is 0.524. The van der Waals surface area contributed by atoms with Crippen LogP contribution in [-0.2, 0) is 16.0 Å². The average molecular weight is 272 g/mol. The number of hydrogen-bond donors (Lipinski definition) is 0. The molecule has 0 saturated carbocycles. The Kier molecular flexibility index (Phi) is 7.41. The van der Waals surface area contributed by atoms with Gasteiger partial charge in [0.15, 0.2) is 0 Å². The Balaban J connectivity index is 2.26. The van der Waals surface area contributed by atoms with Gasteiger partial charge in [-0.3, -0.25) is 4.79 Å². The number of ether oxygens (including phenoxy) is 1. The molecule has 0 radical (unpaired) electrons. The Morgan fingerprint density at radius 2 is 2.00 bits per heavy atom. The number of allylic oxidation sites excluding steroid dienone is 2. The van der Waals surface area contributed by atoms with Gasteiger partial charge in [-0.2, -0.15) is 0 Å². The lowest BCUT2D eigenvalue weighted by Gasteiger charge is -2.13. The number of carbonyl (C=O) groups is 1. The van der Waals surface area contributed by atoms with Crippen molar-refractivity contribution in [2.24, 2.45) is 11.8 Å². The van der Waals surface area contributed by atoms with Crippen LogP contribution in [0.4, 0.5) is 0 Å². The first-order valence-electron chi connectivity index (χ1n) is 7.10. The molecule has 0 heterocycles. The first-order chi connectivity index (χ1) is 9.63. The molecule has 2 atom stereocenters. The third-order valence-electron chi connectivity index (χ3n) is 3.41. The number of esters is 1.